The SMILES string of the molecule is Cc1cc(=O)n(CCN2CCC(NCc3cc4c(cn3)OCCO4)CC2)c2cc(F)ccc12.Cl.Cl. The number of aryl methyl sites for hydroxylation is 1. The van der Waals surface area contributed by atoms with Gasteiger partial charge in [-0.1, -0.05) is 0 Å². The monoisotopic (exact) mass is 524 g/mol. The number of nitrogens with zero attached hydrogens (tertiary/aromatic N) is 3. The van der Waals surface area contributed by atoms with Gasteiger partial charge in [0.1, 0.15) is 19.0 Å². The van der Waals surface area contributed by atoms with Gasteiger partial charge >= 0.3 is 0 Å². The van der Waals surface area contributed by atoms with E-state index in [0.717, 1.165) is 54.9 Å². The van der Waals surface area contributed by atoms with Crippen molar-refractivity contribution in [3.05, 3.63) is 64.0 Å². The Kier molecular flexibility index (Phi) is 9.35. The Hall–Kier alpha value is -2.39. The van der Waals surface area contributed by atoms with Gasteiger partial charge in [0.05, 0.1) is 17.4 Å². The standard InChI is InChI=1S/C25H29FN4O3.2ClH/c1-17-12-25(31)30(22-13-18(26)2-3-21(17)22)9-8-29-6-4-19(5-7-29)27-15-20-14-23-24(16-28-20)33-11-10-32-23;;/h2-3,12-14,16,19,27H,4-11,15H2,1H3;2*1H. The number of rotatable bonds is 6. The van der Waals surface area contributed by atoms with E-state index < -0.39 is 0 Å². The van der Waals surface area contributed by atoms with E-state index in [0.29, 0.717) is 43.6 Å². The van der Waals surface area contributed by atoms with E-state index in [9.17, 15) is 9.18 Å². The summed E-state index contributed by atoms with van der Waals surface area (Å²) in [5.41, 5.74) is 2.42. The zero-order valence-corrected chi connectivity index (χ0v) is 21.3. The maximum atomic E-state index is 13.8. The molecule has 2 aliphatic rings. The number of benzene rings is 1. The first-order valence-corrected chi connectivity index (χ1v) is 11.6. The Labute approximate surface area is 216 Å². The van der Waals surface area contributed by atoms with Crippen molar-refractivity contribution in [1.29, 1.82) is 0 Å². The summed E-state index contributed by atoms with van der Waals surface area (Å²) in [7, 11) is 0. The molecule has 1 N–H and O–H groups in total. The van der Waals surface area contributed by atoms with Gasteiger partial charge in [-0.25, -0.2) is 4.39 Å². The maximum absolute atomic E-state index is 13.8. The Bertz CT molecular complexity index is 1220. The molecule has 0 spiro atoms. The molecule has 190 valence electrons. The highest BCUT2D eigenvalue weighted by Gasteiger charge is 2.20. The van der Waals surface area contributed by atoms with Gasteiger partial charge in [-0.15, -0.1) is 24.8 Å². The van der Waals surface area contributed by atoms with Crippen LogP contribution in [0.3, 0.4) is 0 Å². The third-order valence-electron chi connectivity index (χ3n) is 6.57. The minimum absolute atomic E-state index is 0. The summed E-state index contributed by atoms with van der Waals surface area (Å²) in [6, 6.07) is 8.68. The average Bonchev–Trinajstić information content (AvgIpc) is 2.83. The van der Waals surface area contributed by atoms with Crippen LogP contribution >= 0.6 is 24.8 Å². The fourth-order valence-electron chi connectivity index (χ4n) is 4.69. The molecule has 5 rings (SSSR count). The van der Waals surface area contributed by atoms with Gasteiger partial charge in [0, 0.05) is 43.2 Å². The summed E-state index contributed by atoms with van der Waals surface area (Å²) >= 11 is 0. The van der Waals surface area contributed by atoms with Gasteiger partial charge in [0.2, 0.25) is 0 Å². The zero-order valence-electron chi connectivity index (χ0n) is 19.7. The lowest BCUT2D eigenvalue weighted by atomic mass is 10.0. The predicted molar refractivity (Wildman–Crippen MR) is 139 cm³/mol. The van der Waals surface area contributed by atoms with E-state index in [-0.39, 0.29) is 36.2 Å². The molecule has 4 heterocycles. The van der Waals surface area contributed by atoms with Crippen LogP contribution in [0.25, 0.3) is 10.9 Å². The maximum Gasteiger partial charge on any atom is 0.251 e. The molecule has 0 bridgehead atoms. The zero-order chi connectivity index (χ0) is 22.8. The number of nitrogens with one attached hydrogen (secondary N) is 1. The molecule has 7 nitrogen and oxygen atoms in total. The number of fused-ring (bicyclic) bond motifs is 2. The number of aromatic nitrogens is 2. The van der Waals surface area contributed by atoms with Crippen LogP contribution in [0.5, 0.6) is 11.5 Å². The lowest BCUT2D eigenvalue weighted by Crippen LogP contribution is -2.43. The number of pyridine rings is 2. The Balaban J connectivity index is 0.00000171. The fourth-order valence-corrected chi connectivity index (χ4v) is 4.69. The van der Waals surface area contributed by atoms with Crippen molar-refractivity contribution in [2.24, 2.45) is 0 Å². The van der Waals surface area contributed by atoms with E-state index in [1.807, 2.05) is 13.0 Å². The van der Waals surface area contributed by atoms with Crippen molar-refractivity contribution < 1.29 is 13.9 Å². The molecule has 0 atom stereocenters. The molecule has 0 amide bonds. The molecule has 0 unspecified atom stereocenters. The molecule has 2 aliphatic heterocycles. The van der Waals surface area contributed by atoms with Gasteiger partial charge < -0.3 is 24.3 Å². The Morgan fingerprint density at radius 2 is 1.80 bits per heavy atom. The topological polar surface area (TPSA) is 68.6 Å². The molecular formula is C25H31Cl2FN4O3. The number of likely N-dealkylation sites (tertiary alicyclic amines) is 1. The van der Waals surface area contributed by atoms with Crippen LogP contribution in [0.2, 0.25) is 0 Å². The molecule has 2 aromatic heterocycles. The number of piperidine rings is 1. The number of hydrogen-bond donors (Lipinski definition) is 1. The van der Waals surface area contributed by atoms with Crippen LogP contribution in [0, 0.1) is 12.7 Å². The molecule has 1 fully saturated rings. The summed E-state index contributed by atoms with van der Waals surface area (Å²) < 4.78 is 26.7. The van der Waals surface area contributed by atoms with Gasteiger partial charge in [-0.2, -0.15) is 0 Å². The van der Waals surface area contributed by atoms with Crippen LogP contribution in [-0.2, 0) is 13.1 Å². The number of ether oxygens (including phenoxy) is 2. The quantitative estimate of drug-likeness (QED) is 0.530. The van der Waals surface area contributed by atoms with Gasteiger partial charge in [-0.05, 0) is 56.6 Å². The predicted octanol–water partition coefficient (Wildman–Crippen LogP) is 3.71. The molecule has 0 radical (unpaired) electrons. The molecule has 1 saturated heterocycles. The van der Waals surface area contributed by atoms with E-state index >= 15 is 0 Å². The van der Waals surface area contributed by atoms with E-state index in [2.05, 4.69) is 15.2 Å². The van der Waals surface area contributed by atoms with Gasteiger partial charge in [-0.3, -0.25) is 9.78 Å². The molecule has 1 aromatic carbocycles. The summed E-state index contributed by atoms with van der Waals surface area (Å²) in [6.45, 7) is 6.96. The first kappa shape index (κ1) is 27.2. The lowest BCUT2D eigenvalue weighted by molar-refractivity contribution is 0.170. The normalized spacial score (nSPS) is 15.9. The highest BCUT2D eigenvalue weighted by Crippen LogP contribution is 2.29. The van der Waals surface area contributed by atoms with Crippen molar-refractivity contribution >= 4 is 35.7 Å². The van der Waals surface area contributed by atoms with Crippen molar-refractivity contribution in [1.82, 2.24) is 19.8 Å². The highest BCUT2D eigenvalue weighted by atomic mass is 35.5. The lowest BCUT2D eigenvalue weighted by Gasteiger charge is -2.32. The minimum Gasteiger partial charge on any atom is -0.486 e. The third-order valence-corrected chi connectivity index (χ3v) is 6.57. The second-order valence-corrected chi connectivity index (χ2v) is 8.79. The van der Waals surface area contributed by atoms with Crippen molar-refractivity contribution in [2.75, 3.05) is 32.8 Å². The molecular weight excluding hydrogens is 494 g/mol. The fraction of sp³-hybridized carbons (Fsp3) is 0.440. The number of halogens is 3. The first-order chi connectivity index (χ1) is 16.1. The average molecular weight is 525 g/mol. The highest BCUT2D eigenvalue weighted by molar-refractivity contribution is 5.85. The minimum atomic E-state index is -0.319. The molecule has 0 aliphatic carbocycles. The van der Waals surface area contributed by atoms with Crippen LogP contribution in [0.4, 0.5) is 4.39 Å². The van der Waals surface area contributed by atoms with Crippen LogP contribution < -0.4 is 20.3 Å². The molecule has 10 heteroatoms. The van der Waals surface area contributed by atoms with Crippen molar-refractivity contribution in [3.63, 3.8) is 0 Å². The Morgan fingerprint density at radius 3 is 2.57 bits per heavy atom. The molecule has 3 aromatic rings. The second kappa shape index (κ2) is 12.0. The number of hydrogen-bond acceptors (Lipinski definition) is 6. The van der Waals surface area contributed by atoms with Crippen LogP contribution in [0.15, 0.2) is 41.3 Å². The van der Waals surface area contributed by atoms with E-state index in [4.69, 9.17) is 9.47 Å². The van der Waals surface area contributed by atoms with Crippen LogP contribution in [-0.4, -0.2) is 53.3 Å². The summed E-state index contributed by atoms with van der Waals surface area (Å²) in [5.74, 6) is 1.16. The second-order valence-electron chi connectivity index (χ2n) is 8.79. The Morgan fingerprint density at radius 1 is 1.06 bits per heavy atom. The third kappa shape index (κ3) is 6.25. The van der Waals surface area contributed by atoms with Crippen LogP contribution in [0.1, 0.15) is 24.1 Å². The van der Waals surface area contributed by atoms with Gasteiger partial charge in [0.25, 0.3) is 5.56 Å². The summed E-state index contributed by atoms with van der Waals surface area (Å²) in [5, 5.41) is 4.53. The first-order valence-electron chi connectivity index (χ1n) is 11.6. The van der Waals surface area contributed by atoms with Crippen molar-refractivity contribution in [2.45, 2.75) is 38.9 Å². The largest absolute Gasteiger partial charge is 0.486 e. The van der Waals surface area contributed by atoms with Crippen molar-refractivity contribution in [3.8, 4) is 11.5 Å². The smallest absolute Gasteiger partial charge is 0.251 e. The summed E-state index contributed by atoms with van der Waals surface area (Å²) in [4.78, 5) is 19.4. The summed E-state index contributed by atoms with van der Waals surface area (Å²) in [6.07, 6.45) is 3.79. The van der Waals surface area contributed by atoms with E-state index in [1.54, 1.807) is 22.9 Å². The van der Waals surface area contributed by atoms with Gasteiger partial charge in [0.15, 0.2) is 11.5 Å². The molecule has 35 heavy (non-hydrogen) atoms. The van der Waals surface area contributed by atoms with E-state index in [1.165, 1.54) is 12.1 Å². The molecule has 0 saturated carbocycles.